The van der Waals surface area contributed by atoms with E-state index in [0.29, 0.717) is 12.8 Å². The van der Waals surface area contributed by atoms with Crippen LogP contribution in [-0.4, -0.2) is 111 Å². The van der Waals surface area contributed by atoms with Crippen LogP contribution in [0.4, 0.5) is 0 Å². The fraction of sp³-hybridized carbons (Fsp3) is 0.737. The summed E-state index contributed by atoms with van der Waals surface area (Å²) in [7, 11) is 0. The lowest BCUT2D eigenvalue weighted by Gasteiger charge is -2.59. The predicted molar refractivity (Wildman–Crippen MR) is 177 cm³/mol. The van der Waals surface area contributed by atoms with E-state index in [1.165, 1.54) is 0 Å². The van der Waals surface area contributed by atoms with Crippen molar-refractivity contribution in [2.75, 3.05) is 13.2 Å². The molecule has 4 saturated carbocycles. The highest BCUT2D eigenvalue weighted by atomic mass is 16.8. The van der Waals surface area contributed by atoms with Gasteiger partial charge in [-0.05, 0) is 62.5 Å². The van der Waals surface area contributed by atoms with E-state index in [2.05, 4.69) is 6.92 Å². The number of rotatable bonds is 14. The molecule has 2 heterocycles. The summed E-state index contributed by atoms with van der Waals surface area (Å²) in [4.78, 5) is 72.9. The lowest BCUT2D eigenvalue weighted by Crippen LogP contribution is -2.64. The highest BCUT2D eigenvalue weighted by Gasteiger charge is 2.76. The van der Waals surface area contributed by atoms with Gasteiger partial charge in [0.15, 0.2) is 48.1 Å². The van der Waals surface area contributed by atoms with Gasteiger partial charge in [0.25, 0.3) is 25.9 Å². The molecule has 1 N–H and O–H groups in total. The standard InChI is InChI=1S/C38H48O15/c1-36-11-10-23(43)12-22(36)8-9-24-25-13-29-38(37(25,2)14-26(44)30(24)36,53-34(52-29)21-6-4-3-5-7-21)28(45)16-47-35-33(50-20-42)32(49-19-41)31(48-18-40)27(51-35)15-46-17-39/h10-12,17-21,24-27,29-35,44H,3-9,13-16H2,1-2H3/t24?,25?,26-,27+,29+,30?,31+,32-,33+,34+,35+,36-,37-,38+/m0/s1. The molecule has 15 nitrogen and oxygen atoms in total. The fourth-order valence-electron chi connectivity index (χ4n) is 11.4. The van der Waals surface area contributed by atoms with Crippen molar-refractivity contribution >= 4 is 37.5 Å². The van der Waals surface area contributed by atoms with Crippen LogP contribution in [0.2, 0.25) is 0 Å². The Kier molecular flexibility index (Phi) is 10.7. The van der Waals surface area contributed by atoms with Crippen LogP contribution in [0.5, 0.6) is 0 Å². The number of ketones is 2. The molecule has 14 atom stereocenters. The molecule has 15 heteroatoms. The highest BCUT2D eigenvalue weighted by molar-refractivity contribution is 6.01. The van der Waals surface area contributed by atoms with Gasteiger partial charge in [0.1, 0.15) is 19.3 Å². The molecule has 0 aromatic rings. The first-order chi connectivity index (χ1) is 25.6. The number of carbonyl (C=O) groups is 6. The van der Waals surface area contributed by atoms with Crippen molar-refractivity contribution < 1.29 is 71.8 Å². The number of hydrogen-bond acceptors (Lipinski definition) is 15. The van der Waals surface area contributed by atoms with Gasteiger partial charge in [0.05, 0.1) is 12.2 Å². The summed E-state index contributed by atoms with van der Waals surface area (Å²) in [6, 6.07) is 0. The maximum atomic E-state index is 15.0. The van der Waals surface area contributed by atoms with E-state index in [-0.39, 0.29) is 61.8 Å². The second kappa shape index (κ2) is 15.0. The topological polar surface area (TPSA) is 196 Å². The maximum absolute atomic E-state index is 15.0. The Hall–Kier alpha value is -3.50. The summed E-state index contributed by atoms with van der Waals surface area (Å²) in [5.74, 6) is -0.661. The second-order valence-electron chi connectivity index (χ2n) is 16.0. The van der Waals surface area contributed by atoms with E-state index in [9.17, 15) is 29.1 Å². The molecule has 0 amide bonds. The number of aliphatic hydroxyl groups excluding tert-OH is 1. The van der Waals surface area contributed by atoms with E-state index in [0.717, 1.165) is 44.1 Å². The third-order valence-corrected chi connectivity index (χ3v) is 13.6. The molecule has 0 aromatic carbocycles. The van der Waals surface area contributed by atoms with Crippen LogP contribution in [0.3, 0.4) is 0 Å². The van der Waals surface area contributed by atoms with Gasteiger partial charge in [-0.25, -0.2) is 0 Å². The number of allylic oxidation sites excluding steroid dienone is 4. The van der Waals surface area contributed by atoms with Crippen molar-refractivity contribution in [3.63, 3.8) is 0 Å². The second-order valence-corrected chi connectivity index (χ2v) is 16.0. The maximum Gasteiger partial charge on any atom is 0.293 e. The molecule has 5 aliphatic carbocycles. The van der Waals surface area contributed by atoms with Crippen molar-refractivity contribution in [3.8, 4) is 0 Å². The first-order valence-electron chi connectivity index (χ1n) is 18.6. The first-order valence-corrected chi connectivity index (χ1v) is 18.6. The molecule has 0 spiro atoms. The van der Waals surface area contributed by atoms with E-state index < -0.39 is 84.6 Å². The number of ether oxygens (including phenoxy) is 8. The molecule has 3 unspecified atom stereocenters. The summed E-state index contributed by atoms with van der Waals surface area (Å²) < 4.78 is 46.1. The minimum atomic E-state index is -1.54. The van der Waals surface area contributed by atoms with Crippen LogP contribution in [0.25, 0.3) is 0 Å². The van der Waals surface area contributed by atoms with Gasteiger partial charge in [-0.2, -0.15) is 0 Å². The quantitative estimate of drug-likeness (QED) is 0.200. The van der Waals surface area contributed by atoms with Crippen LogP contribution in [-0.2, 0) is 66.7 Å². The van der Waals surface area contributed by atoms with Crippen molar-refractivity contribution in [1.82, 2.24) is 0 Å². The Balaban J connectivity index is 1.20. The van der Waals surface area contributed by atoms with Gasteiger partial charge >= 0.3 is 0 Å². The Bertz CT molecular complexity index is 1510. The van der Waals surface area contributed by atoms with Crippen LogP contribution in [0.1, 0.15) is 71.6 Å². The Morgan fingerprint density at radius 1 is 0.943 bits per heavy atom. The summed E-state index contributed by atoms with van der Waals surface area (Å²) in [6.07, 6.45) is 3.24. The highest BCUT2D eigenvalue weighted by Crippen LogP contribution is 2.70. The lowest BCUT2D eigenvalue weighted by atomic mass is 9.46. The smallest absolute Gasteiger partial charge is 0.293 e. The number of aliphatic hydroxyl groups is 1. The largest absolute Gasteiger partial charge is 0.465 e. The molecule has 290 valence electrons. The number of fused-ring (bicyclic) bond motifs is 7. The Labute approximate surface area is 306 Å². The van der Waals surface area contributed by atoms with Gasteiger partial charge in [0.2, 0.25) is 0 Å². The Morgan fingerprint density at radius 2 is 1.66 bits per heavy atom. The van der Waals surface area contributed by atoms with E-state index >= 15 is 4.79 Å². The normalized spacial score (nSPS) is 44.6. The molecule has 0 aromatic heterocycles. The zero-order chi connectivity index (χ0) is 37.5. The number of hydrogen-bond donors (Lipinski definition) is 1. The molecule has 7 aliphatic rings. The average molecular weight is 745 g/mol. The molecule has 7 rings (SSSR count). The van der Waals surface area contributed by atoms with Gasteiger partial charge in [-0.15, -0.1) is 0 Å². The molecule has 53 heavy (non-hydrogen) atoms. The van der Waals surface area contributed by atoms with Crippen molar-refractivity contribution in [2.24, 2.45) is 34.5 Å². The minimum Gasteiger partial charge on any atom is -0.465 e. The molecular weight excluding hydrogens is 696 g/mol. The summed E-state index contributed by atoms with van der Waals surface area (Å²) in [6.45, 7) is 3.41. The lowest BCUT2D eigenvalue weighted by molar-refractivity contribution is -0.302. The fourth-order valence-corrected chi connectivity index (χ4v) is 11.4. The zero-order valence-corrected chi connectivity index (χ0v) is 29.9. The average Bonchev–Trinajstić information content (AvgIpc) is 3.65. The van der Waals surface area contributed by atoms with Gasteiger partial charge < -0.3 is 43.0 Å². The van der Waals surface area contributed by atoms with E-state index in [1.54, 1.807) is 12.2 Å². The van der Waals surface area contributed by atoms with Gasteiger partial charge in [0, 0.05) is 22.7 Å². The van der Waals surface area contributed by atoms with Crippen molar-refractivity contribution in [3.05, 3.63) is 23.8 Å². The number of carbonyl (C=O) groups excluding carboxylic acids is 6. The minimum absolute atomic E-state index is 0.00176. The van der Waals surface area contributed by atoms with Crippen LogP contribution < -0.4 is 0 Å². The van der Waals surface area contributed by atoms with Gasteiger partial charge in [-0.1, -0.05) is 44.8 Å². The monoisotopic (exact) mass is 744 g/mol. The molecule has 0 radical (unpaired) electrons. The van der Waals surface area contributed by atoms with E-state index in [1.807, 2.05) is 13.0 Å². The molecular formula is C38H48O15. The SMILES string of the molecule is C[C@]12C=CC(=O)C=C1CCC1C2[C@@H](O)C[C@@]2(C)C1C[C@H]1O[C@@H](C3CCCCC3)O[C@]12C(=O)CO[C@@H]1O[C@H](COC=O)[C@@H](OC=O)[C@H](OC=O)[C@H]1OC=O. The van der Waals surface area contributed by atoms with Crippen molar-refractivity contribution in [2.45, 2.75) is 126 Å². The summed E-state index contributed by atoms with van der Waals surface area (Å²) in [5.41, 5.74) is -1.89. The predicted octanol–water partition coefficient (Wildman–Crippen LogP) is 2.04. The summed E-state index contributed by atoms with van der Waals surface area (Å²) in [5, 5.41) is 12.1. The third-order valence-electron chi connectivity index (χ3n) is 13.6. The number of Topliss-reactive ketones (excluding diaryl/α,β-unsaturated/α-hetero) is 1. The van der Waals surface area contributed by atoms with Gasteiger partial charge in [-0.3, -0.25) is 28.8 Å². The van der Waals surface area contributed by atoms with Crippen LogP contribution >= 0.6 is 0 Å². The zero-order valence-electron chi connectivity index (χ0n) is 29.9. The van der Waals surface area contributed by atoms with Crippen molar-refractivity contribution in [1.29, 1.82) is 0 Å². The molecule has 2 saturated heterocycles. The summed E-state index contributed by atoms with van der Waals surface area (Å²) >= 11 is 0. The molecule has 0 bridgehead atoms. The Morgan fingerprint density at radius 3 is 2.38 bits per heavy atom. The molecule has 6 fully saturated rings. The van der Waals surface area contributed by atoms with Crippen LogP contribution in [0, 0.1) is 34.5 Å². The third kappa shape index (κ3) is 6.16. The molecule has 2 aliphatic heterocycles. The first kappa shape index (κ1) is 37.8. The van der Waals surface area contributed by atoms with Crippen LogP contribution in [0.15, 0.2) is 23.8 Å². The van der Waals surface area contributed by atoms with E-state index in [4.69, 9.17) is 37.9 Å².